The quantitative estimate of drug-likeness (QED) is 0.193. The van der Waals surface area contributed by atoms with Crippen LogP contribution in [0, 0.1) is 17.0 Å². The number of furan rings is 1. The molecule has 0 saturated carbocycles. The van der Waals surface area contributed by atoms with Crippen LogP contribution >= 0.6 is 0 Å². The summed E-state index contributed by atoms with van der Waals surface area (Å²) in [7, 11) is 0. The first kappa shape index (κ1) is 21.2. The van der Waals surface area contributed by atoms with Gasteiger partial charge in [-0.05, 0) is 60.5 Å². The van der Waals surface area contributed by atoms with Crippen LogP contribution in [-0.4, -0.2) is 29.6 Å². The molecule has 0 saturated heterocycles. The molecule has 1 amide bonds. The van der Waals surface area contributed by atoms with Crippen molar-refractivity contribution in [3.63, 3.8) is 0 Å². The molecule has 0 aliphatic carbocycles. The van der Waals surface area contributed by atoms with Gasteiger partial charge in [0.25, 0.3) is 5.91 Å². The van der Waals surface area contributed by atoms with E-state index in [1.807, 2.05) is 0 Å². The predicted molar refractivity (Wildman–Crippen MR) is 109 cm³/mol. The van der Waals surface area contributed by atoms with Gasteiger partial charge in [0.05, 0.1) is 17.4 Å². The topological polar surface area (TPSA) is 133 Å². The van der Waals surface area contributed by atoms with Crippen LogP contribution in [0.25, 0.3) is 0 Å². The van der Waals surface area contributed by atoms with E-state index in [0.717, 1.165) is 0 Å². The van der Waals surface area contributed by atoms with Gasteiger partial charge >= 0.3 is 11.7 Å². The van der Waals surface area contributed by atoms with Crippen LogP contribution in [0.15, 0.2) is 70.4 Å². The fourth-order valence-corrected chi connectivity index (χ4v) is 2.42. The Kier molecular flexibility index (Phi) is 6.74. The smallest absolute Gasteiger partial charge is 0.379 e. The van der Waals surface area contributed by atoms with Crippen molar-refractivity contribution < 1.29 is 28.4 Å². The molecule has 0 aliphatic heterocycles. The minimum Gasteiger partial charge on any atom is -0.477 e. The molecule has 10 heteroatoms. The SMILES string of the molecule is Cc1ccc(OCC(=O)NN=Cc2ccc(OC(=O)c3ccco3)cc2)c([N+](=O)[O-])c1. The molecule has 0 atom stereocenters. The van der Waals surface area contributed by atoms with Crippen molar-refractivity contribution in [1.82, 2.24) is 5.43 Å². The molecule has 3 aromatic rings. The number of hydrogen-bond acceptors (Lipinski definition) is 8. The number of aryl methyl sites for hydroxylation is 1. The number of nitrogens with one attached hydrogen (secondary N) is 1. The molecule has 0 unspecified atom stereocenters. The number of rotatable bonds is 8. The van der Waals surface area contributed by atoms with E-state index in [2.05, 4.69) is 10.5 Å². The van der Waals surface area contributed by atoms with Crippen LogP contribution in [0.5, 0.6) is 11.5 Å². The van der Waals surface area contributed by atoms with Gasteiger partial charge in [-0.1, -0.05) is 6.07 Å². The van der Waals surface area contributed by atoms with E-state index >= 15 is 0 Å². The largest absolute Gasteiger partial charge is 0.477 e. The number of carbonyl (C=O) groups excluding carboxylic acids is 2. The number of ether oxygens (including phenoxy) is 2. The van der Waals surface area contributed by atoms with E-state index in [0.29, 0.717) is 16.9 Å². The minimum atomic E-state index is -0.618. The number of hydrogen-bond donors (Lipinski definition) is 1. The molecular weight excluding hydrogens is 406 g/mol. The number of nitro groups is 1. The van der Waals surface area contributed by atoms with Gasteiger partial charge in [0, 0.05) is 6.07 Å². The lowest BCUT2D eigenvalue weighted by atomic mass is 10.2. The lowest BCUT2D eigenvalue weighted by Gasteiger charge is -2.06. The molecule has 31 heavy (non-hydrogen) atoms. The normalized spacial score (nSPS) is 10.6. The van der Waals surface area contributed by atoms with Gasteiger partial charge < -0.3 is 13.9 Å². The summed E-state index contributed by atoms with van der Waals surface area (Å²) in [5.41, 5.74) is 3.38. The Morgan fingerprint density at radius 3 is 2.65 bits per heavy atom. The van der Waals surface area contributed by atoms with Crippen molar-refractivity contribution in [3.8, 4) is 11.5 Å². The molecule has 1 aromatic heterocycles. The van der Waals surface area contributed by atoms with Crippen LogP contribution < -0.4 is 14.9 Å². The predicted octanol–water partition coefficient (Wildman–Crippen LogP) is 3.24. The van der Waals surface area contributed by atoms with E-state index in [4.69, 9.17) is 13.9 Å². The van der Waals surface area contributed by atoms with Gasteiger partial charge in [0.15, 0.2) is 12.4 Å². The fraction of sp³-hybridized carbons (Fsp3) is 0.0952. The second-order valence-corrected chi connectivity index (χ2v) is 6.25. The Morgan fingerprint density at radius 2 is 1.97 bits per heavy atom. The third-order valence-electron chi connectivity index (χ3n) is 3.89. The van der Waals surface area contributed by atoms with Gasteiger partial charge in [0.1, 0.15) is 5.75 Å². The lowest BCUT2D eigenvalue weighted by Crippen LogP contribution is -2.24. The molecule has 3 rings (SSSR count). The number of hydrazone groups is 1. The van der Waals surface area contributed by atoms with Crippen LogP contribution in [0.4, 0.5) is 5.69 Å². The van der Waals surface area contributed by atoms with Crippen LogP contribution in [0.3, 0.4) is 0 Å². The first-order chi connectivity index (χ1) is 14.9. The average Bonchev–Trinajstić information content (AvgIpc) is 3.29. The van der Waals surface area contributed by atoms with E-state index in [1.54, 1.807) is 43.3 Å². The molecule has 0 spiro atoms. The Labute approximate surface area is 176 Å². The highest BCUT2D eigenvalue weighted by Gasteiger charge is 2.16. The van der Waals surface area contributed by atoms with Gasteiger partial charge in [-0.15, -0.1) is 0 Å². The zero-order valence-electron chi connectivity index (χ0n) is 16.3. The standard InChI is InChI=1S/C21H17N3O7/c1-14-4-9-18(17(11-14)24(27)28)30-13-20(25)23-22-12-15-5-7-16(8-6-15)31-21(26)19-3-2-10-29-19/h2-12H,13H2,1H3,(H,23,25). The van der Waals surface area contributed by atoms with E-state index in [9.17, 15) is 19.7 Å². The highest BCUT2D eigenvalue weighted by molar-refractivity contribution is 5.88. The number of amides is 1. The Balaban J connectivity index is 1.48. The maximum Gasteiger partial charge on any atom is 0.379 e. The second-order valence-electron chi connectivity index (χ2n) is 6.25. The lowest BCUT2D eigenvalue weighted by molar-refractivity contribution is -0.385. The van der Waals surface area contributed by atoms with Gasteiger partial charge in [-0.3, -0.25) is 14.9 Å². The highest BCUT2D eigenvalue weighted by Crippen LogP contribution is 2.27. The van der Waals surface area contributed by atoms with E-state index in [1.165, 1.54) is 30.7 Å². The Bertz CT molecular complexity index is 1110. The first-order valence-electron chi connectivity index (χ1n) is 8.98. The number of nitro benzene ring substituents is 1. The zero-order valence-corrected chi connectivity index (χ0v) is 16.3. The number of benzene rings is 2. The maximum atomic E-state index is 11.9. The van der Waals surface area contributed by atoms with Crippen molar-refractivity contribution in [3.05, 3.63) is 87.9 Å². The fourth-order valence-electron chi connectivity index (χ4n) is 2.42. The summed E-state index contributed by atoms with van der Waals surface area (Å²) in [5.74, 6) is -0.806. The second kappa shape index (κ2) is 9.83. The first-order valence-corrected chi connectivity index (χ1v) is 8.98. The number of nitrogens with zero attached hydrogens (tertiary/aromatic N) is 2. The van der Waals surface area contributed by atoms with Crippen molar-refractivity contribution >= 4 is 23.8 Å². The van der Waals surface area contributed by atoms with E-state index < -0.39 is 23.4 Å². The number of esters is 1. The molecule has 1 N–H and O–H groups in total. The van der Waals surface area contributed by atoms with Crippen molar-refractivity contribution in [2.75, 3.05) is 6.61 Å². The molecular formula is C21H17N3O7. The summed E-state index contributed by atoms with van der Waals surface area (Å²) in [6.07, 6.45) is 2.75. The molecule has 1 heterocycles. The Morgan fingerprint density at radius 1 is 1.19 bits per heavy atom. The molecule has 0 bridgehead atoms. The molecule has 158 valence electrons. The monoisotopic (exact) mass is 423 g/mol. The molecule has 0 radical (unpaired) electrons. The third kappa shape index (κ3) is 6.00. The maximum absolute atomic E-state index is 11.9. The molecule has 2 aromatic carbocycles. The van der Waals surface area contributed by atoms with Crippen molar-refractivity contribution in [2.24, 2.45) is 5.10 Å². The van der Waals surface area contributed by atoms with Crippen LogP contribution in [0.1, 0.15) is 21.7 Å². The van der Waals surface area contributed by atoms with Crippen molar-refractivity contribution in [2.45, 2.75) is 6.92 Å². The summed E-state index contributed by atoms with van der Waals surface area (Å²) in [6.45, 7) is 1.27. The van der Waals surface area contributed by atoms with Crippen LogP contribution in [-0.2, 0) is 4.79 Å². The number of carbonyl (C=O) groups is 2. The Hall–Kier alpha value is -4.47. The van der Waals surface area contributed by atoms with Gasteiger partial charge in [-0.2, -0.15) is 5.10 Å². The van der Waals surface area contributed by atoms with E-state index in [-0.39, 0.29) is 17.2 Å². The van der Waals surface area contributed by atoms with Crippen LogP contribution in [0.2, 0.25) is 0 Å². The molecule has 0 aliphatic rings. The minimum absolute atomic E-state index is 0.00517. The summed E-state index contributed by atoms with van der Waals surface area (Å²) in [4.78, 5) is 34.1. The summed E-state index contributed by atoms with van der Waals surface area (Å²) in [6, 6.07) is 13.9. The summed E-state index contributed by atoms with van der Waals surface area (Å²) >= 11 is 0. The molecule has 0 fully saturated rings. The zero-order chi connectivity index (χ0) is 22.2. The van der Waals surface area contributed by atoms with Gasteiger partial charge in [-0.25, -0.2) is 10.2 Å². The molecule has 10 nitrogen and oxygen atoms in total. The summed E-state index contributed by atoms with van der Waals surface area (Å²) < 4.78 is 15.3. The average molecular weight is 423 g/mol. The summed E-state index contributed by atoms with van der Waals surface area (Å²) in [5, 5.41) is 14.9. The highest BCUT2D eigenvalue weighted by atomic mass is 16.6. The third-order valence-corrected chi connectivity index (χ3v) is 3.89. The van der Waals surface area contributed by atoms with Crippen molar-refractivity contribution in [1.29, 1.82) is 0 Å². The van der Waals surface area contributed by atoms with Gasteiger partial charge in [0.2, 0.25) is 5.76 Å².